The molecule has 0 saturated heterocycles. The smallest absolute Gasteiger partial charge is 0.343 e. The summed E-state index contributed by atoms with van der Waals surface area (Å²) >= 11 is 0. The van der Waals surface area contributed by atoms with E-state index in [1.165, 1.54) is 0 Å². The highest BCUT2D eigenvalue weighted by Crippen LogP contribution is 2.18. The van der Waals surface area contributed by atoms with Gasteiger partial charge >= 0.3 is 5.97 Å². The van der Waals surface area contributed by atoms with E-state index < -0.39 is 14.3 Å². The Labute approximate surface area is 161 Å². The number of ether oxygens (including phenoxy) is 2. The van der Waals surface area contributed by atoms with E-state index in [1.807, 2.05) is 13.0 Å². The SMILES string of the molecule is CCO[Si](C)(C)CCCOc1ccc(C(=O)Oc2ccc(C#N)cc2)cc1. The summed E-state index contributed by atoms with van der Waals surface area (Å²) in [5.41, 5.74) is 0.959. The molecule has 0 aliphatic carbocycles. The maximum Gasteiger partial charge on any atom is 0.343 e. The van der Waals surface area contributed by atoms with E-state index in [-0.39, 0.29) is 0 Å². The molecule has 6 heteroatoms. The van der Waals surface area contributed by atoms with Crippen molar-refractivity contribution in [1.29, 1.82) is 5.26 Å². The molecule has 5 nitrogen and oxygen atoms in total. The Morgan fingerprint density at radius 2 is 1.67 bits per heavy atom. The third-order valence-electron chi connectivity index (χ3n) is 4.01. The molecule has 2 aromatic carbocycles. The summed E-state index contributed by atoms with van der Waals surface area (Å²) in [7, 11) is -1.57. The number of hydrogen-bond donors (Lipinski definition) is 0. The molecule has 0 fully saturated rings. The Bertz CT molecular complexity index is 779. The molecule has 2 rings (SSSR count). The molecular formula is C21H25NO4Si. The molecule has 0 atom stereocenters. The Kier molecular flexibility index (Phi) is 7.59. The highest BCUT2D eigenvalue weighted by Gasteiger charge is 2.20. The molecule has 0 amide bonds. The van der Waals surface area contributed by atoms with Gasteiger partial charge in [-0.05, 0) is 81.0 Å². The third kappa shape index (κ3) is 6.89. The van der Waals surface area contributed by atoms with Crippen molar-refractivity contribution in [2.45, 2.75) is 32.5 Å². The van der Waals surface area contributed by atoms with Gasteiger partial charge in [0.2, 0.25) is 0 Å². The van der Waals surface area contributed by atoms with E-state index in [0.29, 0.717) is 23.5 Å². The molecule has 0 radical (unpaired) electrons. The maximum absolute atomic E-state index is 12.2. The van der Waals surface area contributed by atoms with Crippen molar-refractivity contribution < 1.29 is 18.7 Å². The van der Waals surface area contributed by atoms with E-state index in [1.54, 1.807) is 48.5 Å². The van der Waals surface area contributed by atoms with E-state index in [0.717, 1.165) is 24.8 Å². The van der Waals surface area contributed by atoms with Crippen LogP contribution >= 0.6 is 0 Å². The van der Waals surface area contributed by atoms with Crippen LogP contribution in [0.2, 0.25) is 19.1 Å². The van der Waals surface area contributed by atoms with Crippen molar-refractivity contribution in [2.24, 2.45) is 0 Å². The van der Waals surface area contributed by atoms with Gasteiger partial charge < -0.3 is 13.9 Å². The molecule has 0 bridgehead atoms. The lowest BCUT2D eigenvalue weighted by molar-refractivity contribution is 0.0734. The van der Waals surface area contributed by atoms with Crippen LogP contribution in [-0.2, 0) is 4.43 Å². The van der Waals surface area contributed by atoms with Crippen LogP contribution in [0, 0.1) is 11.3 Å². The second-order valence-electron chi connectivity index (χ2n) is 6.69. The fourth-order valence-corrected chi connectivity index (χ4v) is 4.52. The lowest BCUT2D eigenvalue weighted by Gasteiger charge is -2.21. The fraction of sp³-hybridized carbons (Fsp3) is 0.333. The van der Waals surface area contributed by atoms with E-state index in [4.69, 9.17) is 19.2 Å². The fourth-order valence-electron chi connectivity index (χ4n) is 2.60. The van der Waals surface area contributed by atoms with Crippen LogP contribution < -0.4 is 9.47 Å². The number of rotatable bonds is 9. The van der Waals surface area contributed by atoms with Crippen molar-refractivity contribution in [3.8, 4) is 17.6 Å². The average Bonchev–Trinajstić information content (AvgIpc) is 2.66. The third-order valence-corrected chi connectivity index (χ3v) is 6.64. The molecule has 2 aromatic rings. The van der Waals surface area contributed by atoms with Gasteiger partial charge in [-0.3, -0.25) is 0 Å². The van der Waals surface area contributed by atoms with Crippen molar-refractivity contribution >= 4 is 14.3 Å². The lowest BCUT2D eigenvalue weighted by atomic mass is 10.2. The standard InChI is InChI=1S/C21H25NO4Si/c1-4-25-27(2,3)15-5-14-24-19-12-8-18(9-13-19)21(23)26-20-10-6-17(16-22)7-11-20/h6-13H,4-5,14-15H2,1-3H3. The van der Waals surface area contributed by atoms with Gasteiger partial charge in [-0.15, -0.1) is 0 Å². The molecule has 0 aliphatic heterocycles. The second-order valence-corrected chi connectivity index (χ2v) is 11.0. The number of benzene rings is 2. The zero-order chi connectivity index (χ0) is 19.7. The van der Waals surface area contributed by atoms with Crippen molar-refractivity contribution in [3.63, 3.8) is 0 Å². The summed E-state index contributed by atoms with van der Waals surface area (Å²) in [5.74, 6) is 0.678. The zero-order valence-corrected chi connectivity index (χ0v) is 17.0. The molecule has 0 heterocycles. The van der Waals surface area contributed by atoms with Crippen molar-refractivity contribution in [2.75, 3.05) is 13.2 Å². The molecule has 27 heavy (non-hydrogen) atoms. The first-order chi connectivity index (χ1) is 12.9. The Morgan fingerprint density at radius 1 is 1.04 bits per heavy atom. The number of hydrogen-bond acceptors (Lipinski definition) is 5. The monoisotopic (exact) mass is 383 g/mol. The van der Waals surface area contributed by atoms with Gasteiger partial charge in [0.05, 0.1) is 23.8 Å². The van der Waals surface area contributed by atoms with Crippen LogP contribution in [0.3, 0.4) is 0 Å². The molecule has 0 unspecified atom stereocenters. The summed E-state index contributed by atoms with van der Waals surface area (Å²) in [6, 6.07) is 16.4. The van der Waals surface area contributed by atoms with E-state index in [2.05, 4.69) is 13.1 Å². The molecule has 0 N–H and O–H groups in total. The maximum atomic E-state index is 12.2. The minimum absolute atomic E-state index is 0.403. The Morgan fingerprint density at radius 3 is 2.26 bits per heavy atom. The minimum atomic E-state index is -1.57. The van der Waals surface area contributed by atoms with Gasteiger partial charge in [-0.25, -0.2) is 4.79 Å². The summed E-state index contributed by atoms with van der Waals surface area (Å²) in [5, 5.41) is 8.78. The predicted molar refractivity (Wildman–Crippen MR) is 107 cm³/mol. The zero-order valence-electron chi connectivity index (χ0n) is 16.0. The second kappa shape index (κ2) is 9.90. The van der Waals surface area contributed by atoms with Crippen LogP contribution in [0.5, 0.6) is 11.5 Å². The van der Waals surface area contributed by atoms with Gasteiger partial charge in [0.1, 0.15) is 11.5 Å². The Balaban J connectivity index is 1.81. The first-order valence-electron chi connectivity index (χ1n) is 9.02. The van der Waals surface area contributed by atoms with Crippen LogP contribution in [0.1, 0.15) is 29.3 Å². The Hall–Kier alpha value is -2.62. The summed E-state index contributed by atoms with van der Waals surface area (Å²) in [6.07, 6.45) is 0.946. The van der Waals surface area contributed by atoms with E-state index >= 15 is 0 Å². The van der Waals surface area contributed by atoms with Gasteiger partial charge in [0.25, 0.3) is 0 Å². The number of carbonyl (C=O) groups is 1. The molecule has 0 aromatic heterocycles. The summed E-state index contributed by atoms with van der Waals surface area (Å²) < 4.78 is 16.8. The number of carbonyl (C=O) groups excluding carboxylic acids is 1. The largest absolute Gasteiger partial charge is 0.494 e. The quantitative estimate of drug-likeness (QED) is 0.270. The van der Waals surface area contributed by atoms with E-state index in [9.17, 15) is 4.79 Å². The molecule has 0 spiro atoms. The normalized spacial score (nSPS) is 10.9. The number of nitriles is 1. The first kappa shape index (κ1) is 20.7. The van der Waals surface area contributed by atoms with Crippen molar-refractivity contribution in [3.05, 3.63) is 59.7 Å². The first-order valence-corrected chi connectivity index (χ1v) is 12.1. The molecule has 0 saturated carbocycles. The van der Waals surface area contributed by atoms with Gasteiger partial charge in [-0.2, -0.15) is 5.26 Å². The van der Waals surface area contributed by atoms with Crippen LogP contribution in [0.25, 0.3) is 0 Å². The van der Waals surface area contributed by atoms with Crippen LogP contribution in [-0.4, -0.2) is 27.5 Å². The average molecular weight is 384 g/mol. The summed E-state index contributed by atoms with van der Waals surface area (Å²) in [6.45, 7) is 7.84. The topological polar surface area (TPSA) is 68.6 Å². The van der Waals surface area contributed by atoms with Crippen LogP contribution in [0.15, 0.2) is 48.5 Å². The van der Waals surface area contributed by atoms with Crippen LogP contribution in [0.4, 0.5) is 0 Å². The lowest BCUT2D eigenvalue weighted by Crippen LogP contribution is -2.30. The van der Waals surface area contributed by atoms with Gasteiger partial charge in [-0.1, -0.05) is 0 Å². The minimum Gasteiger partial charge on any atom is -0.494 e. The van der Waals surface area contributed by atoms with Gasteiger partial charge in [0, 0.05) is 6.61 Å². The summed E-state index contributed by atoms with van der Waals surface area (Å²) in [4.78, 5) is 12.2. The number of esters is 1. The number of nitrogens with zero attached hydrogens (tertiary/aromatic N) is 1. The van der Waals surface area contributed by atoms with Crippen molar-refractivity contribution in [1.82, 2.24) is 0 Å². The molecule has 142 valence electrons. The highest BCUT2D eigenvalue weighted by atomic mass is 28.4. The molecule has 0 aliphatic rings. The predicted octanol–water partition coefficient (Wildman–Crippen LogP) is 4.79. The molecular weight excluding hydrogens is 358 g/mol. The highest BCUT2D eigenvalue weighted by molar-refractivity contribution is 6.71. The van der Waals surface area contributed by atoms with Gasteiger partial charge in [0.15, 0.2) is 8.32 Å².